The smallest absolute Gasteiger partial charge is 0.269 e. The molecule has 1 aliphatic rings. The molecule has 122 valence electrons. The minimum atomic E-state index is -0.701. The highest BCUT2D eigenvalue weighted by atomic mass is 16.6. The Balaban J connectivity index is 1.85. The fraction of sp³-hybridized carbons (Fsp3) is 0.176. The van der Waals surface area contributed by atoms with Gasteiger partial charge in [-0.05, 0) is 17.2 Å². The summed E-state index contributed by atoms with van der Waals surface area (Å²) < 4.78 is 0. The van der Waals surface area contributed by atoms with Crippen LogP contribution in [0, 0.1) is 10.1 Å². The molecular weight excluding hydrogens is 310 g/mol. The molecule has 0 aliphatic carbocycles. The summed E-state index contributed by atoms with van der Waals surface area (Å²) in [7, 11) is 0. The summed E-state index contributed by atoms with van der Waals surface area (Å²) in [5.74, 6) is -0.819. The topological polar surface area (TPSA) is 107 Å². The van der Waals surface area contributed by atoms with Crippen molar-refractivity contribution in [3.63, 3.8) is 0 Å². The van der Waals surface area contributed by atoms with Gasteiger partial charge in [0.25, 0.3) is 5.69 Å². The van der Waals surface area contributed by atoms with Gasteiger partial charge in [0, 0.05) is 24.2 Å². The summed E-state index contributed by atoms with van der Waals surface area (Å²) in [6.45, 7) is 0. The fourth-order valence-corrected chi connectivity index (χ4v) is 2.92. The number of nitrogens with zero attached hydrogens (tertiary/aromatic N) is 2. The highest BCUT2D eigenvalue weighted by molar-refractivity contribution is 6.03. The number of non-ortho nitro benzene ring substituents is 1. The van der Waals surface area contributed by atoms with Gasteiger partial charge in [-0.2, -0.15) is 0 Å². The largest absolute Gasteiger partial charge is 0.368 e. The molecule has 0 saturated carbocycles. The molecule has 7 nitrogen and oxygen atoms in total. The Hall–Kier alpha value is -3.22. The predicted molar refractivity (Wildman–Crippen MR) is 87.4 cm³/mol. The Morgan fingerprint density at radius 3 is 2.46 bits per heavy atom. The van der Waals surface area contributed by atoms with Gasteiger partial charge < -0.3 is 5.73 Å². The normalized spacial score (nSPS) is 15.8. The van der Waals surface area contributed by atoms with Crippen molar-refractivity contribution in [1.82, 2.24) is 0 Å². The van der Waals surface area contributed by atoms with E-state index in [1.54, 1.807) is 12.1 Å². The van der Waals surface area contributed by atoms with E-state index in [1.807, 2.05) is 12.1 Å². The fourth-order valence-electron chi connectivity index (χ4n) is 2.92. The van der Waals surface area contributed by atoms with Gasteiger partial charge in [0.05, 0.1) is 11.3 Å². The number of primary amides is 1. The van der Waals surface area contributed by atoms with Crippen LogP contribution in [0.2, 0.25) is 0 Å². The second-order valence-corrected chi connectivity index (χ2v) is 5.62. The summed E-state index contributed by atoms with van der Waals surface area (Å²) >= 11 is 0. The first-order chi connectivity index (χ1) is 11.5. The zero-order valence-corrected chi connectivity index (χ0v) is 12.7. The highest BCUT2D eigenvalue weighted by Crippen LogP contribution is 2.32. The van der Waals surface area contributed by atoms with Gasteiger partial charge in [-0.1, -0.05) is 30.3 Å². The standard InChI is InChI=1S/C17H15N3O4/c18-17(22)15-10-12-3-1-2-4-14(12)19(15)16(21)9-11-5-7-13(8-6-11)20(23)24/h1-8,15H,9-10H2,(H2,18,22)/t15-/m1/s1. The van der Waals surface area contributed by atoms with Gasteiger partial charge in [0.15, 0.2) is 0 Å². The minimum absolute atomic E-state index is 0.0345. The number of hydrogen-bond donors (Lipinski definition) is 1. The lowest BCUT2D eigenvalue weighted by Crippen LogP contribution is -2.46. The monoisotopic (exact) mass is 325 g/mol. The summed E-state index contributed by atoms with van der Waals surface area (Å²) in [5, 5.41) is 10.7. The first-order valence-electron chi connectivity index (χ1n) is 7.40. The van der Waals surface area contributed by atoms with Crippen LogP contribution in [-0.4, -0.2) is 22.8 Å². The first kappa shape index (κ1) is 15.7. The molecule has 0 unspecified atom stereocenters. The third-order valence-electron chi connectivity index (χ3n) is 4.08. The number of nitrogens with two attached hydrogens (primary N) is 1. The molecule has 3 rings (SSSR count). The number of benzene rings is 2. The average molecular weight is 325 g/mol. The molecule has 0 radical (unpaired) electrons. The van der Waals surface area contributed by atoms with E-state index in [1.165, 1.54) is 29.2 Å². The number of fused-ring (bicyclic) bond motifs is 1. The van der Waals surface area contributed by atoms with Crippen LogP contribution in [0.4, 0.5) is 11.4 Å². The van der Waals surface area contributed by atoms with Crippen LogP contribution >= 0.6 is 0 Å². The molecule has 7 heteroatoms. The number of nitro benzene ring substituents is 1. The Morgan fingerprint density at radius 2 is 1.83 bits per heavy atom. The molecule has 0 aromatic heterocycles. The zero-order valence-electron chi connectivity index (χ0n) is 12.7. The van der Waals surface area contributed by atoms with E-state index >= 15 is 0 Å². The Bertz CT molecular complexity index is 817. The number of para-hydroxylation sites is 1. The number of rotatable bonds is 4. The lowest BCUT2D eigenvalue weighted by Gasteiger charge is -2.23. The molecule has 2 aromatic carbocycles. The second-order valence-electron chi connectivity index (χ2n) is 5.62. The van der Waals surface area contributed by atoms with Crippen LogP contribution in [-0.2, 0) is 22.4 Å². The van der Waals surface area contributed by atoms with Crippen molar-refractivity contribution in [2.45, 2.75) is 18.9 Å². The Morgan fingerprint density at radius 1 is 1.17 bits per heavy atom. The molecule has 1 aliphatic heterocycles. The van der Waals surface area contributed by atoms with E-state index in [0.29, 0.717) is 17.7 Å². The second kappa shape index (κ2) is 6.11. The average Bonchev–Trinajstić information content (AvgIpc) is 2.95. The van der Waals surface area contributed by atoms with Crippen molar-refractivity contribution in [3.8, 4) is 0 Å². The van der Waals surface area contributed by atoms with Gasteiger partial charge in [0.2, 0.25) is 11.8 Å². The summed E-state index contributed by atoms with van der Waals surface area (Å²) in [5.41, 5.74) is 7.64. The number of hydrogen-bond acceptors (Lipinski definition) is 4. The third kappa shape index (κ3) is 2.83. The first-order valence-corrected chi connectivity index (χ1v) is 7.40. The summed E-state index contributed by atoms with van der Waals surface area (Å²) in [4.78, 5) is 36.0. The van der Waals surface area contributed by atoms with Crippen LogP contribution < -0.4 is 10.6 Å². The number of carbonyl (C=O) groups is 2. The highest BCUT2D eigenvalue weighted by Gasteiger charge is 2.36. The molecule has 1 atom stereocenters. The van der Waals surface area contributed by atoms with Gasteiger partial charge >= 0.3 is 0 Å². The van der Waals surface area contributed by atoms with Gasteiger partial charge in [-0.15, -0.1) is 0 Å². The van der Waals surface area contributed by atoms with E-state index in [0.717, 1.165) is 5.56 Å². The van der Waals surface area contributed by atoms with Crippen molar-refractivity contribution in [2.24, 2.45) is 5.73 Å². The minimum Gasteiger partial charge on any atom is -0.368 e. The molecule has 1 heterocycles. The number of carbonyl (C=O) groups excluding carboxylic acids is 2. The molecule has 0 fully saturated rings. The Labute approximate surface area is 137 Å². The van der Waals surface area contributed by atoms with Crippen LogP contribution in [0.5, 0.6) is 0 Å². The maximum atomic E-state index is 12.7. The van der Waals surface area contributed by atoms with Crippen molar-refractivity contribution in [1.29, 1.82) is 0 Å². The molecule has 2 aromatic rings. The van der Waals surface area contributed by atoms with Gasteiger partial charge in [-0.3, -0.25) is 24.6 Å². The van der Waals surface area contributed by atoms with Crippen molar-refractivity contribution < 1.29 is 14.5 Å². The number of anilines is 1. The van der Waals surface area contributed by atoms with Crippen LogP contribution in [0.25, 0.3) is 0 Å². The van der Waals surface area contributed by atoms with Crippen molar-refractivity contribution in [3.05, 3.63) is 69.8 Å². The lowest BCUT2D eigenvalue weighted by atomic mass is 10.1. The maximum absolute atomic E-state index is 12.7. The number of amides is 2. The molecule has 0 bridgehead atoms. The summed E-state index contributed by atoms with van der Waals surface area (Å²) in [6.07, 6.45) is 0.438. The molecule has 0 saturated heterocycles. The zero-order chi connectivity index (χ0) is 17.3. The van der Waals surface area contributed by atoms with E-state index in [2.05, 4.69) is 0 Å². The van der Waals surface area contributed by atoms with Gasteiger partial charge in [0.1, 0.15) is 6.04 Å². The lowest BCUT2D eigenvalue weighted by molar-refractivity contribution is -0.384. The van der Waals surface area contributed by atoms with Crippen LogP contribution in [0.15, 0.2) is 48.5 Å². The summed E-state index contributed by atoms with van der Waals surface area (Å²) in [6, 6.07) is 12.4. The quantitative estimate of drug-likeness (QED) is 0.680. The molecule has 24 heavy (non-hydrogen) atoms. The Kier molecular flexibility index (Phi) is 3.99. The van der Waals surface area contributed by atoms with E-state index < -0.39 is 16.9 Å². The molecule has 2 N–H and O–H groups in total. The van der Waals surface area contributed by atoms with E-state index in [9.17, 15) is 19.7 Å². The van der Waals surface area contributed by atoms with E-state index in [4.69, 9.17) is 5.73 Å². The van der Waals surface area contributed by atoms with Gasteiger partial charge in [-0.25, -0.2) is 0 Å². The van der Waals surface area contributed by atoms with Crippen molar-refractivity contribution >= 4 is 23.2 Å². The van der Waals surface area contributed by atoms with Crippen LogP contribution in [0.1, 0.15) is 11.1 Å². The molecule has 2 amide bonds. The SMILES string of the molecule is NC(=O)[C@H]1Cc2ccccc2N1C(=O)Cc1ccc([N+](=O)[O-])cc1. The maximum Gasteiger partial charge on any atom is 0.269 e. The van der Waals surface area contributed by atoms with E-state index in [-0.39, 0.29) is 18.0 Å². The molecule has 0 spiro atoms. The van der Waals surface area contributed by atoms with Crippen LogP contribution in [0.3, 0.4) is 0 Å². The third-order valence-corrected chi connectivity index (χ3v) is 4.08. The predicted octanol–water partition coefficient (Wildman–Crippen LogP) is 1.58. The number of nitro groups is 1. The molecular formula is C17H15N3O4. The van der Waals surface area contributed by atoms with Crippen molar-refractivity contribution in [2.75, 3.05) is 4.90 Å².